The van der Waals surface area contributed by atoms with Gasteiger partial charge in [0.15, 0.2) is 0 Å². The predicted octanol–water partition coefficient (Wildman–Crippen LogP) is 7.05. The fourth-order valence-corrected chi connectivity index (χ4v) is 3.86. The molecule has 0 bridgehead atoms. The van der Waals surface area contributed by atoms with E-state index in [2.05, 4.69) is 39.0 Å². The topological polar surface area (TPSA) is 22.1 Å². The van der Waals surface area contributed by atoms with Gasteiger partial charge in [0, 0.05) is 27.7 Å². The van der Waals surface area contributed by atoms with Gasteiger partial charge in [-0.3, -0.25) is 4.98 Å². The molecular weight excluding hydrogens is 342 g/mol. The van der Waals surface area contributed by atoms with Gasteiger partial charge in [-0.25, -0.2) is 0 Å². The van der Waals surface area contributed by atoms with Gasteiger partial charge < -0.3 is 4.74 Å². The average Bonchev–Trinajstić information content (AvgIpc) is 2.58. The van der Waals surface area contributed by atoms with E-state index in [1.807, 2.05) is 25.1 Å². The first-order valence-electron chi connectivity index (χ1n) is 9.31. The maximum atomic E-state index is 6.23. The first-order chi connectivity index (χ1) is 12.5. The van der Waals surface area contributed by atoms with Crippen LogP contribution in [0.15, 0.2) is 36.4 Å². The van der Waals surface area contributed by atoms with E-state index in [4.69, 9.17) is 21.3 Å². The minimum absolute atomic E-state index is 0.746. The number of aromatic nitrogens is 1. The smallest absolute Gasteiger partial charge is 0.130 e. The van der Waals surface area contributed by atoms with Gasteiger partial charge in [0.2, 0.25) is 0 Å². The van der Waals surface area contributed by atoms with Crippen molar-refractivity contribution in [1.29, 1.82) is 0 Å². The highest BCUT2D eigenvalue weighted by Gasteiger charge is 2.14. The quantitative estimate of drug-likeness (QED) is 0.435. The van der Waals surface area contributed by atoms with Crippen LogP contribution in [0.5, 0.6) is 5.75 Å². The molecule has 3 aromatic rings. The molecule has 0 saturated carbocycles. The van der Waals surface area contributed by atoms with Crippen LogP contribution in [-0.2, 0) is 0 Å². The molecule has 26 heavy (non-hydrogen) atoms. The monoisotopic (exact) mass is 367 g/mol. The van der Waals surface area contributed by atoms with Crippen molar-refractivity contribution in [3.8, 4) is 16.9 Å². The zero-order chi connectivity index (χ0) is 18.7. The lowest BCUT2D eigenvalue weighted by Crippen LogP contribution is -2.00. The number of fused-ring (bicyclic) bond motifs is 1. The van der Waals surface area contributed by atoms with Crippen LogP contribution in [0.3, 0.4) is 0 Å². The maximum Gasteiger partial charge on any atom is 0.130 e. The summed E-state index contributed by atoms with van der Waals surface area (Å²) in [7, 11) is 0. The summed E-state index contributed by atoms with van der Waals surface area (Å²) in [6, 6.07) is 12.4. The van der Waals surface area contributed by atoms with Gasteiger partial charge in [-0.2, -0.15) is 0 Å². The van der Waals surface area contributed by atoms with Crippen LogP contribution in [0.25, 0.3) is 22.0 Å². The largest absolute Gasteiger partial charge is 0.493 e. The second-order valence-electron chi connectivity index (χ2n) is 6.93. The number of aryl methyl sites for hydroxylation is 3. The highest BCUT2D eigenvalue weighted by atomic mass is 35.5. The molecule has 0 unspecified atom stereocenters. The zero-order valence-corrected chi connectivity index (χ0v) is 16.8. The molecule has 0 fully saturated rings. The Labute approximate surface area is 161 Å². The fourth-order valence-electron chi connectivity index (χ4n) is 3.53. The third kappa shape index (κ3) is 3.86. The summed E-state index contributed by atoms with van der Waals surface area (Å²) < 4.78 is 6.11. The second kappa shape index (κ2) is 8.09. The molecule has 1 heterocycles. The molecule has 0 atom stereocenters. The molecule has 0 N–H and O–H groups in total. The SMILES string of the molecule is CCCCCOc1cc(C)nc2c(-c3c(C)cc(Cl)cc3C)cccc12. The zero-order valence-electron chi connectivity index (χ0n) is 16.0. The Balaban J connectivity index is 2.13. The molecule has 0 saturated heterocycles. The molecule has 3 heteroatoms. The number of halogens is 1. The maximum absolute atomic E-state index is 6.23. The highest BCUT2D eigenvalue weighted by Crippen LogP contribution is 2.37. The van der Waals surface area contributed by atoms with Crippen LogP contribution in [0.2, 0.25) is 5.02 Å². The van der Waals surface area contributed by atoms with Crippen molar-refractivity contribution in [3.63, 3.8) is 0 Å². The molecule has 1 aromatic heterocycles. The molecule has 0 radical (unpaired) electrons. The van der Waals surface area contributed by atoms with E-state index in [-0.39, 0.29) is 0 Å². The Morgan fingerprint density at radius 2 is 1.73 bits per heavy atom. The van der Waals surface area contributed by atoms with E-state index in [0.717, 1.165) is 57.1 Å². The van der Waals surface area contributed by atoms with Crippen molar-refractivity contribution in [2.24, 2.45) is 0 Å². The molecule has 0 spiro atoms. The molecule has 136 valence electrons. The number of nitrogens with zero attached hydrogens (tertiary/aromatic N) is 1. The Bertz CT molecular complexity index is 910. The molecule has 0 aliphatic heterocycles. The first-order valence-corrected chi connectivity index (χ1v) is 9.69. The van der Waals surface area contributed by atoms with E-state index < -0.39 is 0 Å². The number of rotatable bonds is 6. The van der Waals surface area contributed by atoms with Crippen molar-refractivity contribution < 1.29 is 4.74 Å². The number of para-hydroxylation sites is 1. The van der Waals surface area contributed by atoms with Gasteiger partial charge >= 0.3 is 0 Å². The normalized spacial score (nSPS) is 11.1. The predicted molar refractivity (Wildman–Crippen MR) is 111 cm³/mol. The van der Waals surface area contributed by atoms with Crippen LogP contribution in [0.1, 0.15) is 43.0 Å². The lowest BCUT2D eigenvalue weighted by atomic mass is 9.93. The number of benzene rings is 2. The standard InChI is InChI=1S/C23H26ClNO/c1-5-6-7-11-26-21-14-17(4)25-23-19(21)9-8-10-20(23)22-15(2)12-18(24)13-16(22)3/h8-10,12-14H,5-7,11H2,1-4H3. The lowest BCUT2D eigenvalue weighted by molar-refractivity contribution is 0.309. The Morgan fingerprint density at radius 3 is 2.42 bits per heavy atom. The summed E-state index contributed by atoms with van der Waals surface area (Å²) in [5.74, 6) is 0.926. The average molecular weight is 368 g/mol. The molecule has 3 rings (SSSR count). The van der Waals surface area contributed by atoms with E-state index in [1.165, 1.54) is 18.4 Å². The van der Waals surface area contributed by atoms with Gasteiger partial charge in [0.1, 0.15) is 5.75 Å². The molecule has 0 aliphatic carbocycles. The molecule has 0 aliphatic rings. The van der Waals surface area contributed by atoms with Gasteiger partial charge in [-0.15, -0.1) is 0 Å². The number of hydrogen-bond acceptors (Lipinski definition) is 2. The molecule has 2 nitrogen and oxygen atoms in total. The van der Waals surface area contributed by atoms with Gasteiger partial charge in [-0.05, 0) is 62.1 Å². The Morgan fingerprint density at radius 1 is 1.00 bits per heavy atom. The minimum Gasteiger partial charge on any atom is -0.493 e. The molecule has 2 aromatic carbocycles. The van der Waals surface area contributed by atoms with Gasteiger partial charge in [0.05, 0.1) is 12.1 Å². The summed E-state index contributed by atoms with van der Waals surface area (Å²) in [5.41, 5.74) is 6.63. The van der Waals surface area contributed by atoms with E-state index in [9.17, 15) is 0 Å². The third-order valence-electron chi connectivity index (χ3n) is 4.70. The highest BCUT2D eigenvalue weighted by molar-refractivity contribution is 6.30. The summed E-state index contributed by atoms with van der Waals surface area (Å²) in [6.45, 7) is 9.18. The second-order valence-corrected chi connectivity index (χ2v) is 7.37. The van der Waals surface area contributed by atoms with Crippen molar-refractivity contribution in [2.75, 3.05) is 6.61 Å². The number of ether oxygens (including phenoxy) is 1. The minimum atomic E-state index is 0.746. The van der Waals surface area contributed by atoms with Crippen LogP contribution in [0.4, 0.5) is 0 Å². The number of hydrogen-bond donors (Lipinski definition) is 0. The van der Waals surface area contributed by atoms with Crippen LogP contribution in [-0.4, -0.2) is 11.6 Å². The van der Waals surface area contributed by atoms with Crippen LogP contribution < -0.4 is 4.74 Å². The molecule has 0 amide bonds. The van der Waals surface area contributed by atoms with Crippen LogP contribution in [0, 0.1) is 20.8 Å². The number of unbranched alkanes of at least 4 members (excludes halogenated alkanes) is 2. The fraction of sp³-hybridized carbons (Fsp3) is 0.348. The van der Waals surface area contributed by atoms with E-state index in [1.54, 1.807) is 0 Å². The number of pyridine rings is 1. The molecular formula is C23H26ClNO. The van der Waals surface area contributed by atoms with Crippen molar-refractivity contribution in [3.05, 3.63) is 58.2 Å². The van der Waals surface area contributed by atoms with Gasteiger partial charge in [-0.1, -0.05) is 43.5 Å². The summed E-state index contributed by atoms with van der Waals surface area (Å²) in [4.78, 5) is 4.85. The van der Waals surface area contributed by atoms with E-state index >= 15 is 0 Å². The van der Waals surface area contributed by atoms with Gasteiger partial charge in [0.25, 0.3) is 0 Å². The summed E-state index contributed by atoms with van der Waals surface area (Å²) in [6.07, 6.45) is 3.46. The summed E-state index contributed by atoms with van der Waals surface area (Å²) >= 11 is 6.23. The van der Waals surface area contributed by atoms with Crippen molar-refractivity contribution in [2.45, 2.75) is 47.0 Å². The Hall–Kier alpha value is -2.06. The third-order valence-corrected chi connectivity index (χ3v) is 4.92. The van der Waals surface area contributed by atoms with Crippen molar-refractivity contribution >= 4 is 22.5 Å². The summed E-state index contributed by atoms with van der Waals surface area (Å²) in [5, 5.41) is 1.84. The lowest BCUT2D eigenvalue weighted by Gasteiger charge is -2.16. The van der Waals surface area contributed by atoms with Crippen molar-refractivity contribution in [1.82, 2.24) is 4.98 Å². The Kier molecular flexibility index (Phi) is 5.83. The van der Waals surface area contributed by atoms with E-state index in [0.29, 0.717) is 0 Å². The van der Waals surface area contributed by atoms with Crippen LogP contribution >= 0.6 is 11.6 Å². The first kappa shape index (κ1) is 18.7.